The Hall–Kier alpha value is -3.45. The van der Waals surface area contributed by atoms with Crippen LogP contribution >= 0.6 is 0 Å². The van der Waals surface area contributed by atoms with Crippen LogP contribution in [0.4, 0.5) is 30.5 Å². The molecule has 0 radical (unpaired) electrons. The van der Waals surface area contributed by atoms with Crippen LogP contribution < -0.4 is 15.0 Å². The molecule has 0 amide bonds. The predicted octanol–water partition coefficient (Wildman–Crippen LogP) is 3.02. The lowest BCUT2D eigenvalue weighted by Crippen LogP contribution is -2.49. The Morgan fingerprint density at radius 1 is 0.879 bits per heavy atom. The predicted molar refractivity (Wildman–Crippen MR) is 114 cm³/mol. The number of alkyl halides is 3. The first-order valence-electron chi connectivity index (χ1n) is 9.82. The van der Waals surface area contributed by atoms with E-state index in [1.807, 2.05) is 4.90 Å². The molecule has 1 fully saturated rings. The van der Waals surface area contributed by atoms with E-state index in [0.717, 1.165) is 30.0 Å². The summed E-state index contributed by atoms with van der Waals surface area (Å²) in [5, 5.41) is 11.5. The van der Waals surface area contributed by atoms with E-state index in [1.165, 1.54) is 4.31 Å². The normalized spacial score (nSPS) is 15.3. The smallest absolute Gasteiger partial charge is 0.406 e. The van der Waals surface area contributed by atoms with Crippen molar-refractivity contribution in [2.24, 2.45) is 0 Å². The van der Waals surface area contributed by atoms with Crippen LogP contribution in [-0.2, 0) is 10.0 Å². The Morgan fingerprint density at radius 2 is 1.55 bits per heavy atom. The van der Waals surface area contributed by atoms with Crippen LogP contribution in [0.5, 0.6) is 5.75 Å². The summed E-state index contributed by atoms with van der Waals surface area (Å²) >= 11 is 0. The summed E-state index contributed by atoms with van der Waals surface area (Å²) in [7, 11) is -3.85. The summed E-state index contributed by atoms with van der Waals surface area (Å²) in [6.07, 6.45) is -1.53. The summed E-state index contributed by atoms with van der Waals surface area (Å²) in [6.45, 7) is 1.17. The molecule has 174 valence electrons. The van der Waals surface area contributed by atoms with Gasteiger partial charge in [0, 0.05) is 44.3 Å². The van der Waals surface area contributed by atoms with Crippen LogP contribution in [0.2, 0.25) is 0 Å². The molecule has 1 aromatic carbocycles. The highest BCUT2D eigenvalue weighted by Gasteiger charge is 2.32. The van der Waals surface area contributed by atoms with Crippen molar-refractivity contribution in [1.82, 2.24) is 19.5 Å². The molecule has 0 saturated carbocycles. The average Bonchev–Trinajstić information content (AvgIpc) is 2.80. The van der Waals surface area contributed by atoms with E-state index in [0.29, 0.717) is 24.7 Å². The number of aromatic nitrogens is 3. The summed E-state index contributed by atoms with van der Waals surface area (Å²) < 4.78 is 67.7. The van der Waals surface area contributed by atoms with Crippen molar-refractivity contribution in [3.05, 3.63) is 60.9 Å². The molecule has 0 unspecified atom stereocenters. The highest BCUT2D eigenvalue weighted by atomic mass is 32.2. The number of sulfonamides is 1. The molecule has 1 aliphatic rings. The van der Waals surface area contributed by atoms with Crippen molar-refractivity contribution >= 4 is 27.3 Å². The maximum Gasteiger partial charge on any atom is 0.573 e. The minimum absolute atomic E-state index is 0.100. The minimum Gasteiger partial charge on any atom is -0.406 e. The van der Waals surface area contributed by atoms with Crippen molar-refractivity contribution < 1.29 is 26.3 Å². The van der Waals surface area contributed by atoms with Crippen LogP contribution in [0, 0.1) is 0 Å². The number of pyridine rings is 1. The van der Waals surface area contributed by atoms with E-state index in [4.69, 9.17) is 0 Å². The fourth-order valence-electron chi connectivity index (χ4n) is 3.26. The largest absolute Gasteiger partial charge is 0.573 e. The molecule has 2 aromatic heterocycles. The molecule has 4 rings (SSSR count). The highest BCUT2D eigenvalue weighted by molar-refractivity contribution is 7.89. The van der Waals surface area contributed by atoms with Gasteiger partial charge < -0.3 is 15.0 Å². The van der Waals surface area contributed by atoms with Gasteiger partial charge in [-0.15, -0.1) is 23.4 Å². The number of hydrogen-bond donors (Lipinski definition) is 1. The number of nitrogens with one attached hydrogen (secondary N) is 1. The van der Waals surface area contributed by atoms with Crippen LogP contribution in [0.15, 0.2) is 65.8 Å². The van der Waals surface area contributed by atoms with Crippen LogP contribution in [0.1, 0.15) is 0 Å². The number of benzene rings is 1. The number of halogens is 3. The molecular formula is C20H19F3N6O3S. The van der Waals surface area contributed by atoms with E-state index in [1.54, 1.807) is 36.7 Å². The van der Waals surface area contributed by atoms with Gasteiger partial charge in [0.1, 0.15) is 5.75 Å². The van der Waals surface area contributed by atoms with Crippen molar-refractivity contribution in [3.8, 4) is 5.75 Å². The van der Waals surface area contributed by atoms with Crippen molar-refractivity contribution in [2.45, 2.75) is 11.3 Å². The van der Waals surface area contributed by atoms with Gasteiger partial charge in [-0.2, -0.15) is 4.31 Å². The van der Waals surface area contributed by atoms with Crippen molar-refractivity contribution in [3.63, 3.8) is 0 Å². The molecule has 33 heavy (non-hydrogen) atoms. The van der Waals surface area contributed by atoms with Crippen LogP contribution in [0.3, 0.4) is 0 Å². The molecule has 0 bridgehead atoms. The third-order valence-corrected chi connectivity index (χ3v) is 6.77. The maximum atomic E-state index is 12.8. The number of rotatable bonds is 6. The number of piperazine rings is 1. The fraction of sp³-hybridized carbons (Fsp3) is 0.250. The Balaban J connectivity index is 1.36. The lowest BCUT2D eigenvalue weighted by Gasteiger charge is -2.34. The van der Waals surface area contributed by atoms with Gasteiger partial charge in [0.15, 0.2) is 11.6 Å². The maximum absolute atomic E-state index is 12.8. The summed E-state index contributed by atoms with van der Waals surface area (Å²) in [5.41, 5.74) is 0.823. The second-order valence-electron chi connectivity index (χ2n) is 7.05. The highest BCUT2D eigenvalue weighted by Crippen LogP contribution is 2.26. The van der Waals surface area contributed by atoms with Crippen LogP contribution in [-0.4, -0.2) is 60.4 Å². The molecule has 0 aliphatic carbocycles. The zero-order valence-electron chi connectivity index (χ0n) is 17.1. The van der Waals surface area contributed by atoms with Gasteiger partial charge in [-0.1, -0.05) is 0 Å². The fourth-order valence-corrected chi connectivity index (χ4v) is 4.69. The molecule has 1 saturated heterocycles. The second-order valence-corrected chi connectivity index (χ2v) is 8.99. The van der Waals surface area contributed by atoms with Gasteiger partial charge in [-0.3, -0.25) is 4.98 Å². The van der Waals surface area contributed by atoms with E-state index in [2.05, 4.69) is 25.2 Å². The Morgan fingerprint density at radius 3 is 2.12 bits per heavy atom. The number of nitrogens with zero attached hydrogens (tertiary/aromatic N) is 5. The molecule has 3 aromatic rings. The molecule has 13 heteroatoms. The quantitative estimate of drug-likeness (QED) is 0.575. The molecule has 9 nitrogen and oxygen atoms in total. The molecular weight excluding hydrogens is 461 g/mol. The first kappa shape index (κ1) is 22.7. The third kappa shape index (κ3) is 5.68. The molecule has 0 atom stereocenters. The number of anilines is 3. The van der Waals surface area contributed by atoms with E-state index in [9.17, 15) is 21.6 Å². The standard InChI is InChI=1S/C20H19F3N6O3S/c21-20(22,23)32-16-1-3-17(4-2-16)33(30,31)29-13-11-28(12-14-29)19-6-5-18(26-27-19)25-15-7-9-24-10-8-15/h1-10H,11-14H2,(H,24,25,26). The van der Waals surface area contributed by atoms with Gasteiger partial charge >= 0.3 is 6.36 Å². The van der Waals surface area contributed by atoms with Gasteiger partial charge in [-0.05, 0) is 48.5 Å². The first-order chi connectivity index (χ1) is 15.7. The zero-order valence-corrected chi connectivity index (χ0v) is 17.9. The van der Waals surface area contributed by atoms with Gasteiger partial charge in [0.05, 0.1) is 4.90 Å². The number of hydrogen-bond acceptors (Lipinski definition) is 8. The molecule has 1 aliphatic heterocycles. The Bertz CT molecular complexity index is 1170. The van der Waals surface area contributed by atoms with Gasteiger partial charge in [0.25, 0.3) is 0 Å². The van der Waals surface area contributed by atoms with E-state index < -0.39 is 22.1 Å². The topological polar surface area (TPSA) is 101 Å². The van der Waals surface area contributed by atoms with Crippen molar-refractivity contribution in [1.29, 1.82) is 0 Å². The third-order valence-electron chi connectivity index (χ3n) is 4.86. The van der Waals surface area contributed by atoms with Crippen molar-refractivity contribution in [2.75, 3.05) is 36.4 Å². The Kier molecular flexibility index (Phi) is 6.33. The summed E-state index contributed by atoms with van der Waals surface area (Å²) in [5.74, 6) is 0.691. The first-order valence-corrected chi connectivity index (χ1v) is 11.3. The zero-order chi connectivity index (χ0) is 23.5. The molecule has 1 N–H and O–H groups in total. The van der Waals surface area contributed by atoms with E-state index in [-0.39, 0.29) is 18.0 Å². The number of ether oxygens (including phenoxy) is 1. The Labute approximate surface area is 187 Å². The monoisotopic (exact) mass is 480 g/mol. The van der Waals surface area contributed by atoms with Crippen LogP contribution in [0.25, 0.3) is 0 Å². The van der Waals surface area contributed by atoms with Gasteiger partial charge in [-0.25, -0.2) is 8.42 Å². The molecule has 0 spiro atoms. The lowest BCUT2D eigenvalue weighted by atomic mass is 10.3. The summed E-state index contributed by atoms with van der Waals surface area (Å²) in [4.78, 5) is 5.76. The SMILES string of the molecule is O=S(=O)(c1ccc(OC(F)(F)F)cc1)N1CCN(c2ccc(Nc3ccncc3)nn2)CC1. The molecule has 3 heterocycles. The lowest BCUT2D eigenvalue weighted by molar-refractivity contribution is -0.274. The average molecular weight is 480 g/mol. The minimum atomic E-state index is -4.84. The second kappa shape index (κ2) is 9.19. The summed E-state index contributed by atoms with van der Waals surface area (Å²) in [6, 6.07) is 11.3. The van der Waals surface area contributed by atoms with Gasteiger partial charge in [0.2, 0.25) is 10.0 Å². The van der Waals surface area contributed by atoms with E-state index >= 15 is 0 Å².